The molecule has 0 N–H and O–H groups in total. The minimum atomic E-state index is -0.131. The molecule has 1 rings (SSSR count). The second kappa shape index (κ2) is 19.4. The quantitative estimate of drug-likeness (QED) is 0.147. The van der Waals surface area contributed by atoms with E-state index >= 15 is 0 Å². The fraction of sp³-hybridized carbons (Fsp3) is 0.929. The van der Waals surface area contributed by atoms with Gasteiger partial charge in [0.25, 0.3) is 0 Å². The number of carbonyl (C=O) groups is 2. The van der Waals surface area contributed by atoms with Crippen LogP contribution in [-0.2, 0) is 19.1 Å². The van der Waals surface area contributed by atoms with Gasteiger partial charge in [-0.15, -0.1) is 0 Å². The van der Waals surface area contributed by atoms with Gasteiger partial charge in [-0.3, -0.25) is 9.59 Å². The van der Waals surface area contributed by atoms with Gasteiger partial charge in [0.1, 0.15) is 0 Å². The van der Waals surface area contributed by atoms with E-state index in [0.29, 0.717) is 25.6 Å². The van der Waals surface area contributed by atoms with Crippen LogP contribution < -0.4 is 0 Å². The Bertz CT molecular complexity index is 474. The molecule has 0 saturated heterocycles. The molecular weight excluding hydrogens is 400 g/mol. The van der Waals surface area contributed by atoms with Crippen LogP contribution in [0.25, 0.3) is 0 Å². The minimum Gasteiger partial charge on any atom is -0.465 e. The molecular formula is C28H52O4. The van der Waals surface area contributed by atoms with Gasteiger partial charge in [0.15, 0.2) is 0 Å². The zero-order valence-electron chi connectivity index (χ0n) is 21.5. The third kappa shape index (κ3) is 14.9. The summed E-state index contributed by atoms with van der Waals surface area (Å²) >= 11 is 0. The van der Waals surface area contributed by atoms with E-state index in [4.69, 9.17) is 9.47 Å². The van der Waals surface area contributed by atoms with E-state index in [9.17, 15) is 9.59 Å². The maximum absolute atomic E-state index is 12.4. The van der Waals surface area contributed by atoms with Crippen molar-refractivity contribution in [2.75, 3.05) is 13.2 Å². The third-order valence-electron chi connectivity index (χ3n) is 6.75. The average Bonchev–Trinajstić information content (AvgIpc) is 2.79. The highest BCUT2D eigenvalue weighted by atomic mass is 16.5. The maximum Gasteiger partial charge on any atom is 0.308 e. The lowest BCUT2D eigenvalue weighted by atomic mass is 9.81. The highest BCUT2D eigenvalue weighted by Gasteiger charge is 2.32. The Hall–Kier alpha value is -1.06. The van der Waals surface area contributed by atoms with Crippen molar-refractivity contribution < 1.29 is 19.1 Å². The van der Waals surface area contributed by atoms with Crippen molar-refractivity contribution in [3.8, 4) is 0 Å². The normalized spacial score (nSPS) is 18.6. The summed E-state index contributed by atoms with van der Waals surface area (Å²) < 4.78 is 11.0. The van der Waals surface area contributed by atoms with Gasteiger partial charge in [0.2, 0.25) is 0 Å². The van der Waals surface area contributed by atoms with Crippen LogP contribution >= 0.6 is 0 Å². The summed E-state index contributed by atoms with van der Waals surface area (Å²) in [6, 6.07) is 0. The first-order chi connectivity index (χ1) is 15.5. The molecule has 1 fully saturated rings. The monoisotopic (exact) mass is 452 g/mol. The molecule has 0 radical (unpaired) electrons. The zero-order chi connectivity index (χ0) is 23.4. The molecule has 1 aliphatic rings. The summed E-state index contributed by atoms with van der Waals surface area (Å²) in [7, 11) is 0. The molecule has 0 heterocycles. The lowest BCUT2D eigenvalue weighted by molar-refractivity contribution is -0.155. The number of hydrogen-bond acceptors (Lipinski definition) is 4. The first-order valence-corrected chi connectivity index (χ1v) is 13.9. The van der Waals surface area contributed by atoms with Crippen LogP contribution in [0.15, 0.2) is 0 Å². The summed E-state index contributed by atoms with van der Waals surface area (Å²) in [6.45, 7) is 7.72. The Labute approximate surface area is 198 Å². The molecule has 0 aromatic heterocycles. The first-order valence-electron chi connectivity index (χ1n) is 13.9. The highest BCUT2D eigenvalue weighted by Crippen LogP contribution is 2.31. The van der Waals surface area contributed by atoms with Crippen LogP contribution in [0.2, 0.25) is 0 Å². The van der Waals surface area contributed by atoms with Crippen molar-refractivity contribution in [2.45, 2.75) is 136 Å². The van der Waals surface area contributed by atoms with Crippen LogP contribution in [0.3, 0.4) is 0 Å². The standard InChI is InChI=1S/C28H52O4/c1-4-5-6-7-8-9-10-11-12-13-15-21-31-27(29)25-19-17-20-26(23-25)28(30)32-22-16-14-18-24(2)3/h24-26H,4-23H2,1-3H3. The summed E-state index contributed by atoms with van der Waals surface area (Å²) in [4.78, 5) is 24.8. The highest BCUT2D eigenvalue weighted by molar-refractivity contribution is 5.76. The van der Waals surface area contributed by atoms with Gasteiger partial charge in [-0.2, -0.15) is 0 Å². The summed E-state index contributed by atoms with van der Waals surface area (Å²) in [5, 5.41) is 0. The fourth-order valence-corrected chi connectivity index (χ4v) is 4.62. The van der Waals surface area contributed by atoms with Gasteiger partial charge in [-0.1, -0.05) is 97.8 Å². The maximum atomic E-state index is 12.4. The molecule has 2 unspecified atom stereocenters. The van der Waals surface area contributed by atoms with Crippen LogP contribution in [0.5, 0.6) is 0 Å². The first kappa shape index (κ1) is 29.0. The molecule has 0 bridgehead atoms. The Kier molecular flexibility index (Phi) is 17.6. The zero-order valence-corrected chi connectivity index (χ0v) is 21.5. The molecule has 0 aliphatic heterocycles. The van der Waals surface area contributed by atoms with Crippen molar-refractivity contribution in [2.24, 2.45) is 17.8 Å². The molecule has 1 saturated carbocycles. The minimum absolute atomic E-state index is 0.105. The molecule has 4 heteroatoms. The van der Waals surface area contributed by atoms with Crippen molar-refractivity contribution in [3.05, 3.63) is 0 Å². The summed E-state index contributed by atoms with van der Waals surface area (Å²) in [5.41, 5.74) is 0. The van der Waals surface area contributed by atoms with Crippen LogP contribution in [0.1, 0.15) is 136 Å². The molecule has 0 aromatic rings. The Balaban J connectivity index is 2.04. The second-order valence-corrected chi connectivity index (χ2v) is 10.3. The van der Waals surface area contributed by atoms with E-state index in [1.54, 1.807) is 0 Å². The average molecular weight is 453 g/mol. The number of rotatable bonds is 19. The van der Waals surface area contributed by atoms with Crippen LogP contribution in [0.4, 0.5) is 0 Å². The van der Waals surface area contributed by atoms with Gasteiger partial charge in [0, 0.05) is 0 Å². The lowest BCUT2D eigenvalue weighted by Gasteiger charge is -2.26. The van der Waals surface area contributed by atoms with Gasteiger partial charge in [-0.05, 0) is 44.4 Å². The number of carbonyl (C=O) groups excluding carboxylic acids is 2. The Morgan fingerprint density at radius 3 is 1.59 bits per heavy atom. The smallest absolute Gasteiger partial charge is 0.308 e. The van der Waals surface area contributed by atoms with Gasteiger partial charge in [0.05, 0.1) is 25.0 Å². The van der Waals surface area contributed by atoms with Crippen molar-refractivity contribution in [1.82, 2.24) is 0 Å². The molecule has 1 aliphatic carbocycles. The van der Waals surface area contributed by atoms with Crippen LogP contribution in [-0.4, -0.2) is 25.2 Å². The van der Waals surface area contributed by atoms with Gasteiger partial charge in [-0.25, -0.2) is 0 Å². The largest absolute Gasteiger partial charge is 0.465 e. The number of unbranched alkanes of at least 4 members (excludes halogenated alkanes) is 11. The van der Waals surface area contributed by atoms with E-state index < -0.39 is 0 Å². The predicted molar refractivity (Wildman–Crippen MR) is 133 cm³/mol. The van der Waals surface area contributed by atoms with E-state index in [1.807, 2.05) is 0 Å². The van der Waals surface area contributed by atoms with Crippen molar-refractivity contribution in [1.29, 1.82) is 0 Å². The molecule has 32 heavy (non-hydrogen) atoms. The fourth-order valence-electron chi connectivity index (χ4n) is 4.62. The number of hydrogen-bond donors (Lipinski definition) is 0. The molecule has 0 amide bonds. The van der Waals surface area contributed by atoms with E-state index in [1.165, 1.54) is 64.2 Å². The molecule has 188 valence electrons. The summed E-state index contributed by atoms with van der Waals surface area (Å²) in [5.74, 6) is 0.216. The third-order valence-corrected chi connectivity index (χ3v) is 6.75. The molecule has 4 nitrogen and oxygen atoms in total. The summed E-state index contributed by atoms with van der Waals surface area (Å²) in [6.07, 6.45) is 20.6. The van der Waals surface area contributed by atoms with E-state index in [0.717, 1.165) is 44.9 Å². The van der Waals surface area contributed by atoms with Crippen molar-refractivity contribution in [3.63, 3.8) is 0 Å². The van der Waals surface area contributed by atoms with Gasteiger partial charge >= 0.3 is 11.9 Å². The van der Waals surface area contributed by atoms with Crippen LogP contribution in [0, 0.1) is 17.8 Å². The Morgan fingerprint density at radius 2 is 1.12 bits per heavy atom. The predicted octanol–water partition coefficient (Wildman–Crippen LogP) is 8.02. The van der Waals surface area contributed by atoms with E-state index in [2.05, 4.69) is 20.8 Å². The number of esters is 2. The molecule has 0 aromatic carbocycles. The van der Waals surface area contributed by atoms with Crippen molar-refractivity contribution >= 4 is 11.9 Å². The topological polar surface area (TPSA) is 52.6 Å². The molecule has 0 spiro atoms. The number of ether oxygens (including phenoxy) is 2. The Morgan fingerprint density at radius 1 is 0.688 bits per heavy atom. The lowest BCUT2D eigenvalue weighted by Crippen LogP contribution is -2.30. The van der Waals surface area contributed by atoms with E-state index in [-0.39, 0.29) is 23.8 Å². The van der Waals surface area contributed by atoms with Gasteiger partial charge < -0.3 is 9.47 Å². The molecule has 2 atom stereocenters. The SMILES string of the molecule is CCCCCCCCCCCCCOC(=O)C1CCCC(C(=O)OCCCCC(C)C)C1. The second-order valence-electron chi connectivity index (χ2n) is 10.3.